The van der Waals surface area contributed by atoms with Gasteiger partial charge in [0, 0.05) is 6.04 Å². The molecular formula is C13H24FNO4. The minimum absolute atomic E-state index is 0.207. The largest absolute Gasteiger partial charge is 0.468 e. The molecule has 0 aliphatic heterocycles. The fourth-order valence-electron chi connectivity index (χ4n) is 2.01. The number of nitrogens with two attached hydrogens (primary N) is 1. The van der Waals surface area contributed by atoms with E-state index in [0.29, 0.717) is 12.8 Å². The van der Waals surface area contributed by atoms with Crippen LogP contribution in [0.15, 0.2) is 0 Å². The summed E-state index contributed by atoms with van der Waals surface area (Å²) in [7, 11) is 2.41. The first-order chi connectivity index (χ1) is 8.97. The summed E-state index contributed by atoms with van der Waals surface area (Å²) < 4.78 is 21.1. The number of unbranched alkanes of at least 4 members (excludes halogenated alkanes) is 1. The molecule has 5 nitrogen and oxygen atoms in total. The fourth-order valence-corrected chi connectivity index (χ4v) is 2.01. The van der Waals surface area contributed by atoms with Crippen LogP contribution in [0.2, 0.25) is 0 Å². The smallest absolute Gasteiger partial charge is 0.321 e. The van der Waals surface area contributed by atoms with Gasteiger partial charge in [-0.05, 0) is 18.8 Å². The summed E-state index contributed by atoms with van der Waals surface area (Å²) in [4.78, 5) is 23.1. The lowest BCUT2D eigenvalue weighted by Gasteiger charge is -2.22. The van der Waals surface area contributed by atoms with Crippen molar-refractivity contribution in [1.82, 2.24) is 0 Å². The molecule has 0 aromatic rings. The zero-order chi connectivity index (χ0) is 14.8. The number of methoxy groups -OCH3 is 2. The molecule has 0 aliphatic rings. The van der Waals surface area contributed by atoms with E-state index in [1.54, 1.807) is 0 Å². The monoisotopic (exact) mass is 277 g/mol. The molecule has 0 saturated heterocycles. The molecule has 0 heterocycles. The van der Waals surface area contributed by atoms with E-state index in [-0.39, 0.29) is 12.6 Å². The first-order valence-electron chi connectivity index (χ1n) is 6.45. The van der Waals surface area contributed by atoms with E-state index in [0.717, 1.165) is 12.8 Å². The predicted molar refractivity (Wildman–Crippen MR) is 69.1 cm³/mol. The number of halogens is 1. The fraction of sp³-hybridized carbons (Fsp3) is 0.846. The van der Waals surface area contributed by atoms with Gasteiger partial charge >= 0.3 is 11.9 Å². The van der Waals surface area contributed by atoms with Crippen LogP contribution in [0.5, 0.6) is 0 Å². The average molecular weight is 277 g/mol. The molecule has 0 amide bonds. The lowest BCUT2D eigenvalue weighted by molar-refractivity contribution is -0.160. The standard InChI is InChI=1S/C13H24FNO4/c1-9(6-4-5-7-14)8-10(15)11(12(16)18-2)13(17)19-3/h9-11H,4-8,15H2,1-3H3. The number of carbonyl (C=O) groups is 2. The van der Waals surface area contributed by atoms with Crippen LogP contribution in [0, 0.1) is 11.8 Å². The van der Waals surface area contributed by atoms with Crippen molar-refractivity contribution in [2.45, 2.75) is 38.6 Å². The highest BCUT2D eigenvalue weighted by atomic mass is 19.1. The van der Waals surface area contributed by atoms with Gasteiger partial charge in [0.15, 0.2) is 5.92 Å². The van der Waals surface area contributed by atoms with E-state index >= 15 is 0 Å². The number of esters is 2. The molecule has 0 aromatic carbocycles. The number of hydrogen-bond acceptors (Lipinski definition) is 5. The van der Waals surface area contributed by atoms with Gasteiger partial charge in [0.2, 0.25) is 0 Å². The predicted octanol–water partition coefficient (Wildman–Crippen LogP) is 1.44. The van der Waals surface area contributed by atoms with Crippen LogP contribution in [0.4, 0.5) is 4.39 Å². The highest BCUT2D eigenvalue weighted by Crippen LogP contribution is 2.19. The molecule has 0 aliphatic carbocycles. The maximum Gasteiger partial charge on any atom is 0.321 e. The number of ether oxygens (including phenoxy) is 2. The Kier molecular flexibility index (Phi) is 9.12. The van der Waals surface area contributed by atoms with Crippen molar-refractivity contribution in [3.63, 3.8) is 0 Å². The molecule has 19 heavy (non-hydrogen) atoms. The average Bonchev–Trinajstić information content (AvgIpc) is 2.38. The van der Waals surface area contributed by atoms with Crippen molar-refractivity contribution in [1.29, 1.82) is 0 Å². The quantitative estimate of drug-likeness (QED) is 0.392. The molecule has 0 rings (SSSR count). The molecule has 6 heteroatoms. The second kappa shape index (κ2) is 9.72. The molecule has 2 unspecified atom stereocenters. The van der Waals surface area contributed by atoms with Gasteiger partial charge in [0.05, 0.1) is 20.9 Å². The Hall–Kier alpha value is -1.17. The third-order valence-corrected chi connectivity index (χ3v) is 3.09. The molecule has 0 aromatic heterocycles. The minimum atomic E-state index is -1.10. The summed E-state index contributed by atoms with van der Waals surface area (Å²) in [5.41, 5.74) is 5.90. The Morgan fingerprint density at radius 2 is 1.68 bits per heavy atom. The Balaban J connectivity index is 4.42. The first kappa shape index (κ1) is 17.8. The van der Waals surface area contributed by atoms with Gasteiger partial charge in [-0.25, -0.2) is 0 Å². The summed E-state index contributed by atoms with van der Waals surface area (Å²) >= 11 is 0. The molecule has 0 bridgehead atoms. The Morgan fingerprint density at radius 3 is 2.11 bits per heavy atom. The molecule has 0 spiro atoms. The van der Waals surface area contributed by atoms with Gasteiger partial charge in [0.25, 0.3) is 0 Å². The number of carbonyl (C=O) groups excluding carboxylic acids is 2. The Labute approximate surface area is 113 Å². The van der Waals surface area contributed by atoms with E-state index < -0.39 is 23.9 Å². The maximum atomic E-state index is 12.0. The van der Waals surface area contributed by atoms with Gasteiger partial charge < -0.3 is 15.2 Å². The first-order valence-corrected chi connectivity index (χ1v) is 6.45. The lowest BCUT2D eigenvalue weighted by atomic mass is 9.89. The molecule has 2 N–H and O–H groups in total. The van der Waals surface area contributed by atoms with E-state index in [4.69, 9.17) is 5.73 Å². The number of rotatable bonds is 9. The van der Waals surface area contributed by atoms with Crippen molar-refractivity contribution in [3.8, 4) is 0 Å². The summed E-state index contributed by atoms with van der Waals surface area (Å²) in [6, 6.07) is -0.653. The third kappa shape index (κ3) is 6.52. The summed E-state index contributed by atoms with van der Waals surface area (Å²) in [6.45, 7) is 1.63. The summed E-state index contributed by atoms with van der Waals surface area (Å²) in [5.74, 6) is -2.26. The minimum Gasteiger partial charge on any atom is -0.468 e. The second-order valence-electron chi connectivity index (χ2n) is 4.71. The van der Waals surface area contributed by atoms with Gasteiger partial charge in [-0.3, -0.25) is 14.0 Å². The summed E-state index contributed by atoms with van der Waals surface area (Å²) in [5, 5.41) is 0. The second-order valence-corrected chi connectivity index (χ2v) is 4.71. The van der Waals surface area contributed by atoms with E-state index in [1.807, 2.05) is 6.92 Å². The van der Waals surface area contributed by atoms with E-state index in [1.165, 1.54) is 14.2 Å². The van der Waals surface area contributed by atoms with Gasteiger partial charge in [-0.1, -0.05) is 19.8 Å². The topological polar surface area (TPSA) is 78.6 Å². The molecule has 2 atom stereocenters. The van der Waals surface area contributed by atoms with Gasteiger partial charge in [0.1, 0.15) is 0 Å². The van der Waals surface area contributed by atoms with Crippen LogP contribution >= 0.6 is 0 Å². The van der Waals surface area contributed by atoms with Crippen LogP contribution in [0.1, 0.15) is 32.6 Å². The normalized spacial score (nSPS) is 14.0. The Morgan fingerprint density at radius 1 is 1.16 bits per heavy atom. The molecule has 0 radical (unpaired) electrons. The Bertz CT molecular complexity index is 270. The van der Waals surface area contributed by atoms with E-state index in [2.05, 4.69) is 9.47 Å². The molecule has 112 valence electrons. The SMILES string of the molecule is COC(=O)C(C(=O)OC)C(N)CC(C)CCCCF. The molecule has 0 saturated carbocycles. The van der Waals surface area contributed by atoms with Crippen molar-refractivity contribution in [3.05, 3.63) is 0 Å². The van der Waals surface area contributed by atoms with Gasteiger partial charge in [-0.15, -0.1) is 0 Å². The lowest BCUT2D eigenvalue weighted by Crippen LogP contribution is -2.43. The van der Waals surface area contributed by atoms with Crippen LogP contribution in [0.25, 0.3) is 0 Å². The highest BCUT2D eigenvalue weighted by molar-refractivity contribution is 5.95. The van der Waals surface area contributed by atoms with Crippen LogP contribution in [0.3, 0.4) is 0 Å². The third-order valence-electron chi connectivity index (χ3n) is 3.09. The van der Waals surface area contributed by atoms with Crippen LogP contribution < -0.4 is 5.73 Å². The van der Waals surface area contributed by atoms with E-state index in [9.17, 15) is 14.0 Å². The van der Waals surface area contributed by atoms with Crippen molar-refractivity contribution < 1.29 is 23.5 Å². The zero-order valence-electron chi connectivity index (χ0n) is 11.9. The van der Waals surface area contributed by atoms with Crippen LogP contribution in [-0.4, -0.2) is 38.9 Å². The van der Waals surface area contributed by atoms with Gasteiger partial charge in [-0.2, -0.15) is 0 Å². The van der Waals surface area contributed by atoms with Crippen molar-refractivity contribution in [2.24, 2.45) is 17.6 Å². The molecule has 0 fully saturated rings. The zero-order valence-corrected chi connectivity index (χ0v) is 11.9. The molecular weight excluding hydrogens is 253 g/mol. The van der Waals surface area contributed by atoms with Crippen molar-refractivity contribution in [2.75, 3.05) is 20.9 Å². The maximum absolute atomic E-state index is 12.0. The van der Waals surface area contributed by atoms with Crippen LogP contribution in [-0.2, 0) is 19.1 Å². The number of alkyl halides is 1. The number of hydrogen-bond donors (Lipinski definition) is 1. The highest BCUT2D eigenvalue weighted by Gasteiger charge is 2.35. The van der Waals surface area contributed by atoms with Crippen molar-refractivity contribution >= 4 is 11.9 Å². The summed E-state index contributed by atoms with van der Waals surface area (Å²) in [6.07, 6.45) is 2.59.